The lowest BCUT2D eigenvalue weighted by Crippen LogP contribution is -2.06. The molecule has 0 N–H and O–H groups in total. The van der Waals surface area contributed by atoms with Gasteiger partial charge >= 0.3 is 5.97 Å². The number of esters is 1. The normalized spacial score (nSPS) is 11.4. The molecule has 0 atom stereocenters. The minimum atomic E-state index is -0.262. The molecule has 0 saturated carbocycles. The second-order valence-electron chi connectivity index (χ2n) is 4.84. The lowest BCUT2D eigenvalue weighted by atomic mass is 10.2. The van der Waals surface area contributed by atoms with E-state index in [-0.39, 0.29) is 5.97 Å². The van der Waals surface area contributed by atoms with Gasteiger partial charge in [-0.15, -0.1) is 0 Å². The fourth-order valence-electron chi connectivity index (χ4n) is 1.64. The molecule has 116 valence electrons. The van der Waals surface area contributed by atoms with Gasteiger partial charge in [0.2, 0.25) is 0 Å². The molecule has 4 heteroatoms. The third kappa shape index (κ3) is 8.58. The summed E-state index contributed by atoms with van der Waals surface area (Å²) in [5, 5.41) is 1.69. The first-order valence-electron chi connectivity index (χ1n) is 7.40. The molecule has 0 aliphatic rings. The monoisotopic (exact) mass is 308 g/mol. The number of hydrogen-bond donors (Lipinski definition) is 0. The van der Waals surface area contributed by atoms with Crippen LogP contribution in [-0.2, 0) is 20.3 Å². The standard InChI is InChI=1S/C17H24O3S/c1-3-4-5-9-12-19-17(18)15(2)14-21-20-13-16-10-7-6-8-11-16/h6-8,10-11,14H,3-5,9,12-13H2,1-2H3/b15-14+. The number of carbonyl (C=O) groups is 1. The Balaban J connectivity index is 2.15. The van der Waals surface area contributed by atoms with E-state index in [1.165, 1.54) is 24.9 Å². The van der Waals surface area contributed by atoms with Gasteiger partial charge in [0.1, 0.15) is 0 Å². The first-order chi connectivity index (χ1) is 10.2. The van der Waals surface area contributed by atoms with Crippen LogP contribution in [0.2, 0.25) is 0 Å². The van der Waals surface area contributed by atoms with Crippen molar-refractivity contribution in [3.8, 4) is 0 Å². The van der Waals surface area contributed by atoms with Crippen LogP contribution in [0.4, 0.5) is 0 Å². The topological polar surface area (TPSA) is 35.5 Å². The van der Waals surface area contributed by atoms with Crippen molar-refractivity contribution in [1.29, 1.82) is 0 Å². The quantitative estimate of drug-likeness (QED) is 0.267. The van der Waals surface area contributed by atoms with Crippen molar-refractivity contribution in [1.82, 2.24) is 0 Å². The predicted octanol–water partition coefficient (Wildman–Crippen LogP) is 4.88. The van der Waals surface area contributed by atoms with Crippen molar-refractivity contribution in [2.45, 2.75) is 46.1 Å². The number of carbonyl (C=O) groups excluding carboxylic acids is 1. The van der Waals surface area contributed by atoms with Crippen molar-refractivity contribution < 1.29 is 13.7 Å². The molecule has 1 aromatic rings. The van der Waals surface area contributed by atoms with E-state index in [0.717, 1.165) is 18.4 Å². The second-order valence-corrected chi connectivity index (χ2v) is 5.51. The molecule has 21 heavy (non-hydrogen) atoms. The second kappa shape index (κ2) is 11.4. The van der Waals surface area contributed by atoms with Gasteiger partial charge in [0.05, 0.1) is 13.2 Å². The average Bonchev–Trinajstić information content (AvgIpc) is 2.52. The largest absolute Gasteiger partial charge is 0.462 e. The van der Waals surface area contributed by atoms with E-state index >= 15 is 0 Å². The minimum Gasteiger partial charge on any atom is -0.462 e. The van der Waals surface area contributed by atoms with E-state index < -0.39 is 0 Å². The van der Waals surface area contributed by atoms with E-state index in [2.05, 4.69) is 6.92 Å². The Bertz CT molecular complexity index is 429. The van der Waals surface area contributed by atoms with Crippen LogP contribution in [0.3, 0.4) is 0 Å². The summed E-state index contributed by atoms with van der Waals surface area (Å²) < 4.78 is 10.6. The highest BCUT2D eigenvalue weighted by Gasteiger charge is 2.05. The molecule has 0 bridgehead atoms. The molecule has 0 radical (unpaired) electrons. The molecule has 0 saturated heterocycles. The summed E-state index contributed by atoms with van der Waals surface area (Å²) in [6.07, 6.45) is 4.42. The maximum Gasteiger partial charge on any atom is 0.334 e. The average molecular weight is 308 g/mol. The van der Waals surface area contributed by atoms with Crippen LogP contribution in [0, 0.1) is 0 Å². The highest BCUT2D eigenvalue weighted by Crippen LogP contribution is 2.13. The number of hydrogen-bond acceptors (Lipinski definition) is 4. The van der Waals surface area contributed by atoms with E-state index in [9.17, 15) is 4.79 Å². The summed E-state index contributed by atoms with van der Waals surface area (Å²) in [4.78, 5) is 11.7. The van der Waals surface area contributed by atoms with Gasteiger partial charge in [-0.05, 0) is 18.9 Å². The third-order valence-corrected chi connectivity index (χ3v) is 3.62. The van der Waals surface area contributed by atoms with E-state index in [1.807, 2.05) is 30.3 Å². The fourth-order valence-corrected chi connectivity index (χ4v) is 2.15. The van der Waals surface area contributed by atoms with Crippen LogP contribution in [0.5, 0.6) is 0 Å². The molecule has 0 unspecified atom stereocenters. The lowest BCUT2D eigenvalue weighted by Gasteiger charge is -2.05. The molecule has 0 aromatic heterocycles. The molecule has 0 spiro atoms. The highest BCUT2D eigenvalue weighted by molar-refractivity contribution is 7.97. The maximum absolute atomic E-state index is 11.7. The summed E-state index contributed by atoms with van der Waals surface area (Å²) in [5.41, 5.74) is 1.68. The zero-order chi connectivity index (χ0) is 15.3. The van der Waals surface area contributed by atoms with E-state index in [4.69, 9.17) is 8.92 Å². The van der Waals surface area contributed by atoms with Gasteiger partial charge in [-0.25, -0.2) is 4.79 Å². The summed E-state index contributed by atoms with van der Waals surface area (Å²) in [6, 6.07) is 9.92. The summed E-state index contributed by atoms with van der Waals surface area (Å²) in [7, 11) is 0. The fraction of sp³-hybridized carbons (Fsp3) is 0.471. The third-order valence-electron chi connectivity index (χ3n) is 2.91. The Morgan fingerprint density at radius 3 is 2.67 bits per heavy atom. The van der Waals surface area contributed by atoms with Crippen molar-refractivity contribution in [2.24, 2.45) is 0 Å². The van der Waals surface area contributed by atoms with Crippen LogP contribution < -0.4 is 0 Å². The molecule has 1 rings (SSSR count). The van der Waals surface area contributed by atoms with Gasteiger partial charge in [-0.2, -0.15) is 0 Å². The number of benzene rings is 1. The van der Waals surface area contributed by atoms with E-state index in [0.29, 0.717) is 18.8 Å². The molecule has 0 fully saturated rings. The molecule has 1 aromatic carbocycles. The first kappa shape index (κ1) is 17.8. The van der Waals surface area contributed by atoms with Gasteiger partial charge in [0.15, 0.2) is 0 Å². The number of unbranched alkanes of at least 4 members (excludes halogenated alkanes) is 3. The van der Waals surface area contributed by atoms with Crippen molar-refractivity contribution in [2.75, 3.05) is 6.61 Å². The van der Waals surface area contributed by atoms with Crippen molar-refractivity contribution in [3.05, 3.63) is 46.9 Å². The summed E-state index contributed by atoms with van der Waals surface area (Å²) >= 11 is 1.17. The molecular formula is C17H24O3S. The van der Waals surface area contributed by atoms with Crippen LogP contribution in [0.1, 0.15) is 45.1 Å². The Kier molecular flexibility index (Phi) is 9.66. The molecule has 0 amide bonds. The van der Waals surface area contributed by atoms with Crippen LogP contribution in [-0.4, -0.2) is 12.6 Å². The Morgan fingerprint density at radius 2 is 1.95 bits per heavy atom. The van der Waals surface area contributed by atoms with Gasteiger partial charge in [-0.1, -0.05) is 56.5 Å². The Labute approximate surface area is 131 Å². The van der Waals surface area contributed by atoms with Gasteiger partial charge in [0.25, 0.3) is 0 Å². The number of rotatable bonds is 10. The Morgan fingerprint density at radius 1 is 1.19 bits per heavy atom. The van der Waals surface area contributed by atoms with Crippen LogP contribution >= 0.6 is 12.0 Å². The first-order valence-corrected chi connectivity index (χ1v) is 8.20. The smallest absolute Gasteiger partial charge is 0.334 e. The minimum absolute atomic E-state index is 0.262. The van der Waals surface area contributed by atoms with Gasteiger partial charge in [0, 0.05) is 23.0 Å². The SMILES string of the molecule is CCCCCCOC(=O)/C(C)=C/SOCc1ccccc1. The summed E-state index contributed by atoms with van der Waals surface area (Å²) in [5.74, 6) is -0.262. The van der Waals surface area contributed by atoms with Crippen LogP contribution in [0.15, 0.2) is 41.3 Å². The zero-order valence-electron chi connectivity index (χ0n) is 12.8. The zero-order valence-corrected chi connectivity index (χ0v) is 13.7. The van der Waals surface area contributed by atoms with Gasteiger partial charge < -0.3 is 8.92 Å². The summed E-state index contributed by atoms with van der Waals surface area (Å²) in [6.45, 7) is 4.92. The number of ether oxygens (including phenoxy) is 1. The van der Waals surface area contributed by atoms with E-state index in [1.54, 1.807) is 12.3 Å². The predicted molar refractivity (Wildman–Crippen MR) is 87.7 cm³/mol. The van der Waals surface area contributed by atoms with Crippen molar-refractivity contribution in [3.63, 3.8) is 0 Å². The Hall–Kier alpha value is -1.26. The highest BCUT2D eigenvalue weighted by atomic mass is 32.2. The van der Waals surface area contributed by atoms with Crippen LogP contribution in [0.25, 0.3) is 0 Å². The molecule has 3 nitrogen and oxygen atoms in total. The van der Waals surface area contributed by atoms with Crippen molar-refractivity contribution >= 4 is 18.0 Å². The lowest BCUT2D eigenvalue weighted by molar-refractivity contribution is -0.139. The molecule has 0 aliphatic heterocycles. The maximum atomic E-state index is 11.7. The van der Waals surface area contributed by atoms with Gasteiger partial charge in [-0.3, -0.25) is 0 Å². The molecule has 0 heterocycles. The molecular weight excluding hydrogens is 284 g/mol. The molecule has 0 aliphatic carbocycles.